The lowest BCUT2D eigenvalue weighted by Gasteiger charge is -2.33. The molecule has 78 valence electrons. The number of nitrogens with zero attached hydrogens (tertiary/aromatic N) is 2. The summed E-state index contributed by atoms with van der Waals surface area (Å²) in [5.74, 6) is 0. The SMILES string of the molecule is CN1CCN(CC[B-](F)(F)F)CC1. The largest absolute Gasteiger partial charge is 0.479 e. The van der Waals surface area contributed by atoms with Gasteiger partial charge in [-0.05, 0) is 13.6 Å². The van der Waals surface area contributed by atoms with Crippen molar-refractivity contribution in [1.82, 2.24) is 9.80 Å². The lowest BCUT2D eigenvalue weighted by atomic mass is 9.86. The zero-order valence-electron chi connectivity index (χ0n) is 7.85. The second-order valence-corrected chi connectivity index (χ2v) is 3.64. The van der Waals surface area contributed by atoms with E-state index >= 15 is 0 Å². The summed E-state index contributed by atoms with van der Waals surface area (Å²) in [7, 11) is 1.99. The molecule has 1 aliphatic heterocycles. The summed E-state index contributed by atoms with van der Waals surface area (Å²) in [4.78, 5) is 4.02. The Labute approximate surface area is 76.7 Å². The number of likely N-dealkylation sites (N-methyl/N-ethyl adjacent to an activating group) is 1. The second kappa shape index (κ2) is 4.33. The van der Waals surface area contributed by atoms with Crippen LogP contribution in [0.3, 0.4) is 0 Å². The summed E-state index contributed by atoms with van der Waals surface area (Å²) < 4.78 is 35.7. The summed E-state index contributed by atoms with van der Waals surface area (Å²) in [5, 5.41) is 0. The standard InChI is InChI=1S/C7H15BF3N2/c1-12-4-6-13(7-5-12)3-2-8(9,10)11/h2-7H2,1H3/q-1. The van der Waals surface area contributed by atoms with Crippen molar-refractivity contribution >= 4 is 6.98 Å². The Hall–Kier alpha value is -0.225. The quantitative estimate of drug-likeness (QED) is 0.621. The second-order valence-electron chi connectivity index (χ2n) is 3.64. The van der Waals surface area contributed by atoms with Gasteiger partial charge in [-0.3, -0.25) is 0 Å². The highest BCUT2D eigenvalue weighted by molar-refractivity contribution is 6.58. The van der Waals surface area contributed by atoms with Gasteiger partial charge in [0.2, 0.25) is 0 Å². The zero-order chi connectivity index (χ0) is 9.90. The number of rotatable bonds is 3. The molecule has 0 aromatic carbocycles. The van der Waals surface area contributed by atoms with Gasteiger partial charge in [0.05, 0.1) is 0 Å². The maximum Gasteiger partial charge on any atom is 0.479 e. The fourth-order valence-corrected chi connectivity index (χ4v) is 1.40. The summed E-state index contributed by atoms with van der Waals surface area (Å²) in [5.41, 5.74) is 0. The topological polar surface area (TPSA) is 6.48 Å². The van der Waals surface area contributed by atoms with Gasteiger partial charge in [-0.15, -0.1) is 0 Å². The Kier molecular flexibility index (Phi) is 3.61. The van der Waals surface area contributed by atoms with Gasteiger partial charge in [0.15, 0.2) is 0 Å². The van der Waals surface area contributed by atoms with Crippen LogP contribution in [0.25, 0.3) is 0 Å². The normalized spacial score (nSPS) is 22.2. The summed E-state index contributed by atoms with van der Waals surface area (Å²) in [6.45, 7) is -1.13. The van der Waals surface area contributed by atoms with Crippen LogP contribution in [0.1, 0.15) is 0 Å². The molecular weight excluding hydrogens is 180 g/mol. The van der Waals surface area contributed by atoms with E-state index in [4.69, 9.17) is 0 Å². The Balaban J connectivity index is 2.16. The monoisotopic (exact) mass is 195 g/mol. The van der Waals surface area contributed by atoms with E-state index in [1.807, 2.05) is 11.9 Å². The molecule has 1 aliphatic rings. The molecule has 0 N–H and O–H groups in total. The first-order valence-electron chi connectivity index (χ1n) is 4.59. The van der Waals surface area contributed by atoms with Crippen molar-refractivity contribution in [2.75, 3.05) is 39.8 Å². The van der Waals surface area contributed by atoms with Gasteiger partial charge in [0.1, 0.15) is 0 Å². The van der Waals surface area contributed by atoms with Crippen LogP contribution in [-0.4, -0.2) is 56.5 Å². The smallest absolute Gasteiger partial charge is 0.449 e. The highest BCUT2D eigenvalue weighted by atomic mass is 19.4. The van der Waals surface area contributed by atoms with Crippen LogP contribution in [0.4, 0.5) is 12.9 Å². The third-order valence-corrected chi connectivity index (χ3v) is 2.37. The average molecular weight is 195 g/mol. The third kappa shape index (κ3) is 4.52. The van der Waals surface area contributed by atoms with Crippen molar-refractivity contribution < 1.29 is 12.9 Å². The van der Waals surface area contributed by atoms with Gasteiger partial charge < -0.3 is 22.7 Å². The van der Waals surface area contributed by atoms with E-state index in [-0.39, 0.29) is 6.54 Å². The molecule has 0 aliphatic carbocycles. The molecule has 13 heavy (non-hydrogen) atoms. The predicted octanol–water partition coefficient (Wildman–Crippen LogP) is 1.08. The van der Waals surface area contributed by atoms with Crippen molar-refractivity contribution in [3.63, 3.8) is 0 Å². The molecule has 0 bridgehead atoms. The molecule has 0 aromatic rings. The fraction of sp³-hybridized carbons (Fsp3) is 1.00. The van der Waals surface area contributed by atoms with Gasteiger partial charge in [0, 0.05) is 26.2 Å². The Morgan fingerprint density at radius 1 is 1.08 bits per heavy atom. The predicted molar refractivity (Wildman–Crippen MR) is 47.8 cm³/mol. The van der Waals surface area contributed by atoms with Crippen molar-refractivity contribution in [1.29, 1.82) is 0 Å². The molecule has 6 heteroatoms. The Morgan fingerprint density at radius 2 is 1.62 bits per heavy atom. The molecule has 1 rings (SSSR count). The first-order valence-corrected chi connectivity index (χ1v) is 4.59. The van der Waals surface area contributed by atoms with Crippen molar-refractivity contribution in [3.8, 4) is 0 Å². The lowest BCUT2D eigenvalue weighted by Crippen LogP contribution is -2.45. The van der Waals surface area contributed by atoms with Crippen molar-refractivity contribution in [3.05, 3.63) is 0 Å². The van der Waals surface area contributed by atoms with Gasteiger partial charge in [-0.25, -0.2) is 0 Å². The van der Waals surface area contributed by atoms with E-state index in [0.717, 1.165) is 26.2 Å². The number of hydrogen-bond acceptors (Lipinski definition) is 2. The molecule has 1 fully saturated rings. The maximum atomic E-state index is 11.9. The maximum absolute atomic E-state index is 11.9. The minimum absolute atomic E-state index is 0.178. The van der Waals surface area contributed by atoms with Crippen LogP contribution >= 0.6 is 0 Å². The van der Waals surface area contributed by atoms with Crippen molar-refractivity contribution in [2.24, 2.45) is 0 Å². The molecule has 0 unspecified atom stereocenters. The first-order chi connectivity index (χ1) is 5.97. The van der Waals surface area contributed by atoms with Crippen LogP contribution in [0.15, 0.2) is 0 Å². The molecule has 2 nitrogen and oxygen atoms in total. The molecule has 0 atom stereocenters. The molecule has 0 spiro atoms. The molecule has 0 saturated carbocycles. The highest BCUT2D eigenvalue weighted by Crippen LogP contribution is 2.15. The molecular formula is C7H15BF3N2-. The van der Waals surface area contributed by atoms with Crippen molar-refractivity contribution in [2.45, 2.75) is 6.32 Å². The molecule has 0 amide bonds. The molecule has 1 saturated heterocycles. The summed E-state index contributed by atoms with van der Waals surface area (Å²) in [6.07, 6.45) is -0.621. The summed E-state index contributed by atoms with van der Waals surface area (Å²) >= 11 is 0. The number of piperazine rings is 1. The highest BCUT2D eigenvalue weighted by Gasteiger charge is 2.24. The van der Waals surface area contributed by atoms with Gasteiger partial charge in [0.25, 0.3) is 0 Å². The van der Waals surface area contributed by atoms with Crippen LogP contribution in [-0.2, 0) is 0 Å². The molecule has 0 aromatic heterocycles. The number of halogens is 3. The van der Waals surface area contributed by atoms with Gasteiger partial charge in [-0.2, -0.15) is 0 Å². The van der Waals surface area contributed by atoms with Crippen LogP contribution in [0.2, 0.25) is 6.32 Å². The van der Waals surface area contributed by atoms with E-state index in [1.165, 1.54) is 0 Å². The molecule has 0 radical (unpaired) electrons. The zero-order valence-corrected chi connectivity index (χ0v) is 7.85. The lowest BCUT2D eigenvalue weighted by molar-refractivity contribution is 0.157. The summed E-state index contributed by atoms with van der Waals surface area (Å²) in [6, 6.07) is 0. The van der Waals surface area contributed by atoms with Gasteiger partial charge in [-0.1, -0.05) is 6.32 Å². The first kappa shape index (κ1) is 10.9. The minimum atomic E-state index is -4.60. The van der Waals surface area contributed by atoms with E-state index < -0.39 is 13.3 Å². The van der Waals surface area contributed by atoms with Crippen LogP contribution in [0, 0.1) is 0 Å². The fourth-order valence-electron chi connectivity index (χ4n) is 1.40. The van der Waals surface area contributed by atoms with E-state index in [2.05, 4.69) is 4.90 Å². The van der Waals surface area contributed by atoms with Gasteiger partial charge >= 0.3 is 6.98 Å². The van der Waals surface area contributed by atoms with E-state index in [9.17, 15) is 12.9 Å². The Morgan fingerprint density at radius 3 is 2.08 bits per heavy atom. The number of hydrogen-bond donors (Lipinski definition) is 0. The average Bonchev–Trinajstić information content (AvgIpc) is 2.02. The van der Waals surface area contributed by atoms with E-state index in [1.54, 1.807) is 0 Å². The Bertz CT molecular complexity index is 154. The minimum Gasteiger partial charge on any atom is -0.449 e. The molecule has 1 heterocycles. The third-order valence-electron chi connectivity index (χ3n) is 2.37. The van der Waals surface area contributed by atoms with E-state index in [0.29, 0.717) is 0 Å². The van der Waals surface area contributed by atoms with Crippen LogP contribution < -0.4 is 0 Å². The van der Waals surface area contributed by atoms with Crippen LogP contribution in [0.5, 0.6) is 0 Å².